The Bertz CT molecular complexity index is 542. The van der Waals surface area contributed by atoms with E-state index in [9.17, 15) is 0 Å². The minimum Gasteiger partial charge on any atom is -0.331 e. The molecule has 0 unspecified atom stereocenters. The zero-order valence-corrected chi connectivity index (χ0v) is 11.7. The molecular weight excluding hydrogens is 208 g/mol. The van der Waals surface area contributed by atoms with E-state index in [0.717, 1.165) is 11.3 Å². The molecule has 2 aromatic rings. The van der Waals surface area contributed by atoms with E-state index < -0.39 is 0 Å². The third-order valence-corrected chi connectivity index (χ3v) is 3.30. The molecule has 0 radical (unpaired) electrons. The van der Waals surface area contributed by atoms with Crippen LogP contribution in [0.3, 0.4) is 0 Å². The van der Waals surface area contributed by atoms with Crippen LogP contribution in [-0.4, -0.2) is 9.55 Å². The molecule has 0 saturated heterocycles. The highest BCUT2D eigenvalue weighted by Crippen LogP contribution is 2.27. The van der Waals surface area contributed by atoms with Gasteiger partial charge in [-0.1, -0.05) is 40.7 Å². The van der Waals surface area contributed by atoms with Crippen molar-refractivity contribution in [3.63, 3.8) is 0 Å². The Balaban J connectivity index is 2.66. The molecule has 1 heterocycles. The lowest BCUT2D eigenvalue weighted by Gasteiger charge is -2.18. The molecule has 0 aliphatic heterocycles. The van der Waals surface area contributed by atoms with Crippen molar-refractivity contribution in [1.82, 2.24) is 9.55 Å². The van der Waals surface area contributed by atoms with E-state index in [4.69, 9.17) is 4.98 Å². The first-order valence-corrected chi connectivity index (χ1v) is 6.27. The van der Waals surface area contributed by atoms with Gasteiger partial charge in [-0.05, 0) is 23.1 Å². The van der Waals surface area contributed by atoms with Crippen molar-refractivity contribution >= 4 is 11.0 Å². The molecule has 0 aliphatic carbocycles. The van der Waals surface area contributed by atoms with Crippen LogP contribution in [0, 0.1) is 0 Å². The number of benzene rings is 1. The van der Waals surface area contributed by atoms with Crippen molar-refractivity contribution in [3.05, 3.63) is 29.6 Å². The molecular formula is C15H22N2. The van der Waals surface area contributed by atoms with Gasteiger partial charge < -0.3 is 4.57 Å². The first-order valence-electron chi connectivity index (χ1n) is 6.27. The van der Waals surface area contributed by atoms with Crippen LogP contribution in [0.2, 0.25) is 0 Å². The lowest BCUT2D eigenvalue weighted by Crippen LogP contribution is -2.10. The Kier molecular flexibility index (Phi) is 2.76. The Morgan fingerprint density at radius 1 is 1.18 bits per heavy atom. The first-order chi connectivity index (χ1) is 7.80. The largest absolute Gasteiger partial charge is 0.331 e. The highest BCUT2D eigenvalue weighted by atomic mass is 15.1. The maximum absolute atomic E-state index is 4.70. The molecule has 0 bridgehead atoms. The fourth-order valence-electron chi connectivity index (χ4n) is 2.19. The number of aryl methyl sites for hydroxylation is 1. The highest BCUT2D eigenvalue weighted by molar-refractivity contribution is 5.77. The molecule has 2 nitrogen and oxygen atoms in total. The molecule has 0 N–H and O–H groups in total. The van der Waals surface area contributed by atoms with Crippen LogP contribution < -0.4 is 0 Å². The van der Waals surface area contributed by atoms with E-state index in [1.54, 1.807) is 0 Å². The number of aromatic nitrogens is 2. The molecule has 1 aromatic heterocycles. The van der Waals surface area contributed by atoms with E-state index in [2.05, 4.69) is 64.4 Å². The quantitative estimate of drug-likeness (QED) is 0.724. The highest BCUT2D eigenvalue weighted by Gasteiger charge is 2.16. The van der Waals surface area contributed by atoms with E-state index in [-0.39, 0.29) is 5.41 Å². The number of nitrogens with zero attached hydrogens (tertiary/aromatic N) is 2. The van der Waals surface area contributed by atoms with E-state index >= 15 is 0 Å². The van der Waals surface area contributed by atoms with Gasteiger partial charge in [-0.15, -0.1) is 0 Å². The average Bonchev–Trinajstić information content (AvgIpc) is 2.54. The summed E-state index contributed by atoms with van der Waals surface area (Å²) in [6.07, 6.45) is 0. The third-order valence-electron chi connectivity index (χ3n) is 3.30. The summed E-state index contributed by atoms with van der Waals surface area (Å²) in [7, 11) is 2.11. The molecule has 0 spiro atoms. The summed E-state index contributed by atoms with van der Waals surface area (Å²) < 4.78 is 2.22. The fraction of sp³-hybridized carbons (Fsp3) is 0.533. The lowest BCUT2D eigenvalue weighted by molar-refractivity contribution is 0.590. The van der Waals surface area contributed by atoms with Crippen molar-refractivity contribution in [1.29, 1.82) is 0 Å². The normalized spacial score (nSPS) is 12.6. The van der Waals surface area contributed by atoms with Crippen molar-refractivity contribution < 1.29 is 0 Å². The molecule has 0 atom stereocenters. The molecule has 2 rings (SSSR count). The van der Waals surface area contributed by atoms with E-state index in [0.29, 0.717) is 5.92 Å². The zero-order valence-electron chi connectivity index (χ0n) is 11.7. The monoisotopic (exact) mass is 230 g/mol. The number of hydrogen-bond donors (Lipinski definition) is 0. The van der Waals surface area contributed by atoms with Crippen molar-refractivity contribution in [3.8, 4) is 0 Å². The molecule has 92 valence electrons. The third kappa shape index (κ3) is 2.08. The van der Waals surface area contributed by atoms with Crippen molar-refractivity contribution in [2.24, 2.45) is 7.05 Å². The van der Waals surface area contributed by atoms with Crippen LogP contribution >= 0.6 is 0 Å². The van der Waals surface area contributed by atoms with Gasteiger partial charge in [-0.3, -0.25) is 0 Å². The molecule has 2 heteroatoms. The molecule has 0 amide bonds. The second kappa shape index (κ2) is 3.86. The standard InChI is InChI=1S/C15H22N2/c1-10(2)14-16-12-8-7-11(15(3,4)5)9-13(12)17(14)6/h7-10H,1-6H3. The molecule has 0 aliphatic rings. The smallest absolute Gasteiger partial charge is 0.112 e. The zero-order chi connectivity index (χ0) is 12.8. The summed E-state index contributed by atoms with van der Waals surface area (Å²) in [5.41, 5.74) is 3.89. The van der Waals surface area contributed by atoms with Gasteiger partial charge in [0.05, 0.1) is 11.0 Å². The van der Waals surface area contributed by atoms with Crippen molar-refractivity contribution in [2.45, 2.75) is 46.0 Å². The number of fused-ring (bicyclic) bond motifs is 1. The topological polar surface area (TPSA) is 17.8 Å². The molecule has 17 heavy (non-hydrogen) atoms. The van der Waals surface area contributed by atoms with Gasteiger partial charge in [0.2, 0.25) is 0 Å². The summed E-state index contributed by atoms with van der Waals surface area (Å²) in [4.78, 5) is 4.70. The predicted molar refractivity (Wildman–Crippen MR) is 73.5 cm³/mol. The van der Waals surface area contributed by atoms with Gasteiger partial charge >= 0.3 is 0 Å². The Labute approximate surface area is 104 Å². The number of imidazole rings is 1. The van der Waals surface area contributed by atoms with Crippen LogP contribution in [0.4, 0.5) is 0 Å². The fourth-order valence-corrected chi connectivity index (χ4v) is 2.19. The molecule has 0 fully saturated rings. The van der Waals surface area contributed by atoms with Crippen LogP contribution in [0.5, 0.6) is 0 Å². The van der Waals surface area contributed by atoms with Crippen LogP contribution in [-0.2, 0) is 12.5 Å². The Hall–Kier alpha value is -1.31. The summed E-state index contributed by atoms with van der Waals surface area (Å²) in [5, 5.41) is 0. The summed E-state index contributed by atoms with van der Waals surface area (Å²) in [6.45, 7) is 11.1. The summed E-state index contributed by atoms with van der Waals surface area (Å²) >= 11 is 0. The van der Waals surface area contributed by atoms with Crippen molar-refractivity contribution in [2.75, 3.05) is 0 Å². The summed E-state index contributed by atoms with van der Waals surface area (Å²) in [6, 6.07) is 6.61. The number of rotatable bonds is 1. The van der Waals surface area contributed by atoms with Gasteiger partial charge in [0.25, 0.3) is 0 Å². The van der Waals surface area contributed by atoms with Gasteiger partial charge in [0.1, 0.15) is 5.82 Å². The maximum Gasteiger partial charge on any atom is 0.112 e. The lowest BCUT2D eigenvalue weighted by atomic mass is 9.87. The second-order valence-electron chi connectivity index (χ2n) is 6.14. The minimum atomic E-state index is 0.191. The number of hydrogen-bond acceptors (Lipinski definition) is 1. The Morgan fingerprint density at radius 2 is 1.82 bits per heavy atom. The van der Waals surface area contributed by atoms with Crippen LogP contribution in [0.15, 0.2) is 18.2 Å². The summed E-state index contributed by atoms with van der Waals surface area (Å²) in [5.74, 6) is 1.62. The predicted octanol–water partition coefficient (Wildman–Crippen LogP) is 3.99. The first kappa shape index (κ1) is 12.2. The van der Waals surface area contributed by atoms with E-state index in [1.807, 2.05) is 0 Å². The maximum atomic E-state index is 4.70. The van der Waals surface area contributed by atoms with Gasteiger partial charge in [0.15, 0.2) is 0 Å². The average molecular weight is 230 g/mol. The van der Waals surface area contributed by atoms with Gasteiger partial charge in [0, 0.05) is 13.0 Å². The van der Waals surface area contributed by atoms with Crippen LogP contribution in [0.1, 0.15) is 51.9 Å². The SMILES string of the molecule is CC(C)c1nc2ccc(C(C)(C)C)cc2n1C. The minimum absolute atomic E-state index is 0.191. The van der Waals surface area contributed by atoms with Crippen LogP contribution in [0.25, 0.3) is 11.0 Å². The molecule has 1 aromatic carbocycles. The van der Waals surface area contributed by atoms with Gasteiger partial charge in [-0.25, -0.2) is 4.98 Å². The van der Waals surface area contributed by atoms with Gasteiger partial charge in [-0.2, -0.15) is 0 Å². The Morgan fingerprint density at radius 3 is 2.35 bits per heavy atom. The molecule has 0 saturated carbocycles. The second-order valence-corrected chi connectivity index (χ2v) is 6.14. The van der Waals surface area contributed by atoms with E-state index in [1.165, 1.54) is 11.1 Å².